The number of carbonyl (C=O) groups is 2. The number of hydrogen-bond acceptors (Lipinski definition) is 8. The number of hydrogen-bond donors (Lipinski definition) is 4. The predicted octanol–water partition coefficient (Wildman–Crippen LogP) is 6.86. The van der Waals surface area contributed by atoms with Crippen LogP contribution in [0.3, 0.4) is 0 Å². The van der Waals surface area contributed by atoms with Gasteiger partial charge in [0.25, 0.3) is 11.9 Å². The van der Waals surface area contributed by atoms with Gasteiger partial charge in [-0.05, 0) is 84.0 Å². The molecule has 5 aromatic rings. The largest absolute Gasteiger partial charge is 0.418 e. The Labute approximate surface area is 258 Å². The molecule has 1 aliphatic carbocycles. The average Bonchev–Trinajstić information content (AvgIpc) is 3.69. The number of rotatable bonds is 7. The summed E-state index contributed by atoms with van der Waals surface area (Å²) in [7, 11) is 0. The highest BCUT2D eigenvalue weighted by molar-refractivity contribution is 7.22. The number of aromatic nitrogens is 5. The average molecular weight is 634 g/mol. The molecule has 0 unspecified atom stereocenters. The van der Waals surface area contributed by atoms with Crippen molar-refractivity contribution in [3.05, 3.63) is 89.0 Å². The summed E-state index contributed by atoms with van der Waals surface area (Å²) < 4.78 is 40.5. The molecule has 0 saturated carbocycles. The summed E-state index contributed by atoms with van der Waals surface area (Å²) in [5.74, 6) is -0.401. The van der Waals surface area contributed by atoms with Crippen LogP contribution in [-0.4, -0.2) is 37.5 Å². The molecule has 0 radical (unpaired) electrons. The van der Waals surface area contributed by atoms with E-state index in [0.29, 0.717) is 21.5 Å². The molecule has 230 valence electrons. The van der Waals surface area contributed by atoms with Crippen molar-refractivity contribution in [1.29, 1.82) is 0 Å². The summed E-state index contributed by atoms with van der Waals surface area (Å²) >= 11 is 1.02. The van der Waals surface area contributed by atoms with Crippen LogP contribution in [0.15, 0.2) is 66.7 Å². The van der Waals surface area contributed by atoms with Gasteiger partial charge in [0.2, 0.25) is 0 Å². The first-order chi connectivity index (χ1) is 21.6. The zero-order chi connectivity index (χ0) is 31.6. The van der Waals surface area contributed by atoms with E-state index < -0.39 is 29.4 Å². The topological polar surface area (TPSA) is 155 Å². The predicted molar refractivity (Wildman–Crippen MR) is 166 cm³/mol. The van der Waals surface area contributed by atoms with Crippen LogP contribution in [0.2, 0.25) is 0 Å². The normalized spacial score (nSPS) is 13.4. The van der Waals surface area contributed by atoms with E-state index in [0.717, 1.165) is 42.2 Å². The van der Waals surface area contributed by atoms with E-state index in [2.05, 4.69) is 42.3 Å². The molecule has 1 aliphatic rings. The Morgan fingerprint density at radius 3 is 2.47 bits per heavy atom. The van der Waals surface area contributed by atoms with Crippen molar-refractivity contribution in [1.82, 2.24) is 25.6 Å². The first-order valence-electron chi connectivity index (χ1n) is 13.9. The molecule has 3 aromatic carbocycles. The molecule has 0 saturated heterocycles. The van der Waals surface area contributed by atoms with Crippen LogP contribution in [0.5, 0.6) is 0 Å². The number of thiazole rings is 1. The van der Waals surface area contributed by atoms with Crippen molar-refractivity contribution in [2.24, 2.45) is 0 Å². The Bertz CT molecular complexity index is 1870. The number of urea groups is 1. The fourth-order valence-electron chi connectivity index (χ4n) is 5.02. The highest BCUT2D eigenvalue weighted by atomic mass is 32.1. The smallest absolute Gasteiger partial charge is 0.398 e. The lowest BCUT2D eigenvalue weighted by Crippen LogP contribution is -2.34. The molecule has 2 heterocycles. The van der Waals surface area contributed by atoms with Gasteiger partial charge in [0, 0.05) is 16.9 Å². The number of fused-ring (bicyclic) bond motifs is 1. The molecule has 2 aromatic heterocycles. The van der Waals surface area contributed by atoms with E-state index in [4.69, 9.17) is 5.73 Å². The lowest BCUT2D eigenvalue weighted by molar-refractivity contribution is -0.136. The fraction of sp³-hybridized carbons (Fsp3) is 0.200. The molecule has 0 bridgehead atoms. The van der Waals surface area contributed by atoms with Gasteiger partial charge in [-0.25, -0.2) is 9.78 Å². The number of nitrogens with two attached hydrogens (primary N) is 1. The minimum absolute atomic E-state index is 0.0338. The van der Waals surface area contributed by atoms with Gasteiger partial charge in [0.1, 0.15) is 0 Å². The van der Waals surface area contributed by atoms with E-state index in [-0.39, 0.29) is 23.1 Å². The minimum atomic E-state index is -4.63. The second kappa shape index (κ2) is 12.4. The Morgan fingerprint density at radius 2 is 1.80 bits per heavy atom. The van der Waals surface area contributed by atoms with Gasteiger partial charge >= 0.3 is 12.2 Å². The molecular weight excluding hydrogens is 607 g/mol. The first-order valence-corrected chi connectivity index (χ1v) is 14.7. The Kier molecular flexibility index (Phi) is 8.17. The number of carbonyl (C=O) groups excluding carboxylic acids is 2. The standard InChI is InChI=1S/C30H26F3N9O2S/c31-30(32,33)22-14-24-25(15-23(22)34)45-28(35-24)37-29(44)42(21-12-10-19(11-13-21)18-4-2-1-3-5-18)16-17-6-8-20(9-7-17)26(43)36-27-38-40-41-39-27/h4,6-15H,1-3,5,16,34H2,(H,35,37,44)(H2,36,38,39,40,41,43). The number of nitrogens with one attached hydrogen (secondary N) is 3. The third-order valence-corrected chi connectivity index (χ3v) is 8.23. The first kappa shape index (κ1) is 29.7. The molecule has 0 atom stereocenters. The quantitative estimate of drug-likeness (QED) is 0.143. The molecule has 0 spiro atoms. The van der Waals surface area contributed by atoms with Crippen LogP contribution in [0.1, 0.15) is 52.7 Å². The maximum absolute atomic E-state index is 13.7. The lowest BCUT2D eigenvalue weighted by Gasteiger charge is -2.23. The Morgan fingerprint density at radius 1 is 1.02 bits per heavy atom. The zero-order valence-corrected chi connectivity index (χ0v) is 24.4. The van der Waals surface area contributed by atoms with Gasteiger partial charge in [-0.1, -0.05) is 46.8 Å². The second-order valence-corrected chi connectivity index (χ2v) is 11.4. The zero-order valence-electron chi connectivity index (χ0n) is 23.6. The minimum Gasteiger partial charge on any atom is -0.398 e. The second-order valence-electron chi connectivity index (χ2n) is 10.3. The van der Waals surface area contributed by atoms with Gasteiger partial charge < -0.3 is 5.73 Å². The summed E-state index contributed by atoms with van der Waals surface area (Å²) in [6, 6.07) is 15.8. The summed E-state index contributed by atoms with van der Waals surface area (Å²) in [4.78, 5) is 31.9. The summed E-state index contributed by atoms with van der Waals surface area (Å²) in [6.07, 6.45) is 1.93. The molecule has 5 N–H and O–H groups in total. The van der Waals surface area contributed by atoms with Crippen LogP contribution in [0.4, 0.5) is 40.4 Å². The Balaban J connectivity index is 1.26. The van der Waals surface area contributed by atoms with Crippen molar-refractivity contribution in [3.63, 3.8) is 0 Å². The van der Waals surface area contributed by atoms with Crippen LogP contribution < -0.4 is 21.3 Å². The van der Waals surface area contributed by atoms with Crippen LogP contribution in [0.25, 0.3) is 15.8 Å². The molecular formula is C30H26F3N9O2S. The molecule has 3 amide bonds. The van der Waals surface area contributed by atoms with Crippen molar-refractivity contribution < 1.29 is 22.8 Å². The van der Waals surface area contributed by atoms with E-state index in [1.807, 2.05) is 24.3 Å². The third kappa shape index (κ3) is 6.77. The van der Waals surface area contributed by atoms with Crippen molar-refractivity contribution in [2.75, 3.05) is 21.3 Å². The molecule has 0 fully saturated rings. The molecule has 15 heteroatoms. The third-order valence-electron chi connectivity index (χ3n) is 7.29. The SMILES string of the molecule is Nc1cc2sc(NC(=O)N(Cc3ccc(C(=O)Nc4nn[nH]n4)cc3)c3ccc(C4=CCCCC4)cc3)nc2cc1C(F)(F)F. The summed E-state index contributed by atoms with van der Waals surface area (Å²) in [6.45, 7) is 0.122. The monoisotopic (exact) mass is 633 g/mol. The maximum Gasteiger partial charge on any atom is 0.418 e. The van der Waals surface area contributed by atoms with Crippen molar-refractivity contribution >= 4 is 61.5 Å². The maximum atomic E-state index is 13.7. The number of anilines is 4. The Hall–Kier alpha value is -5.31. The number of amides is 3. The van der Waals surface area contributed by atoms with Crippen molar-refractivity contribution in [3.8, 4) is 0 Å². The number of benzene rings is 3. The van der Waals surface area contributed by atoms with Crippen LogP contribution >= 0.6 is 11.3 Å². The number of alkyl halides is 3. The van der Waals surface area contributed by atoms with Crippen LogP contribution in [0, 0.1) is 0 Å². The van der Waals surface area contributed by atoms with Crippen molar-refractivity contribution in [2.45, 2.75) is 38.4 Å². The number of H-pyrrole nitrogens is 1. The highest BCUT2D eigenvalue weighted by Crippen LogP contribution is 2.38. The lowest BCUT2D eigenvalue weighted by atomic mass is 9.93. The number of halogens is 3. The number of nitrogens with zero attached hydrogens (tertiary/aromatic N) is 5. The number of aromatic amines is 1. The van der Waals surface area contributed by atoms with Gasteiger partial charge in [-0.15, -0.1) is 5.10 Å². The molecule has 0 aliphatic heterocycles. The van der Waals surface area contributed by atoms with E-state index >= 15 is 0 Å². The highest BCUT2D eigenvalue weighted by Gasteiger charge is 2.33. The van der Waals surface area contributed by atoms with Gasteiger partial charge in [0.05, 0.1) is 22.3 Å². The summed E-state index contributed by atoms with van der Waals surface area (Å²) in [5, 5.41) is 18.4. The fourth-order valence-corrected chi connectivity index (χ4v) is 5.90. The van der Waals surface area contributed by atoms with Gasteiger partial charge in [-0.3, -0.25) is 20.3 Å². The number of allylic oxidation sites excluding steroid dienone is 2. The molecule has 6 rings (SSSR count). The van der Waals surface area contributed by atoms with E-state index in [9.17, 15) is 22.8 Å². The molecule has 45 heavy (non-hydrogen) atoms. The number of nitrogen functional groups attached to an aromatic ring is 1. The summed E-state index contributed by atoms with van der Waals surface area (Å²) in [5.41, 5.74) is 8.32. The van der Waals surface area contributed by atoms with Gasteiger partial charge in [-0.2, -0.15) is 18.4 Å². The van der Waals surface area contributed by atoms with Crippen LogP contribution in [-0.2, 0) is 12.7 Å². The van der Waals surface area contributed by atoms with Gasteiger partial charge in [0.15, 0.2) is 5.13 Å². The van der Waals surface area contributed by atoms with E-state index in [1.165, 1.54) is 23.0 Å². The molecule has 11 nitrogen and oxygen atoms in total. The van der Waals surface area contributed by atoms with E-state index in [1.54, 1.807) is 24.3 Å². The number of tetrazole rings is 1.